The van der Waals surface area contributed by atoms with Gasteiger partial charge in [0.1, 0.15) is 28.8 Å². The van der Waals surface area contributed by atoms with E-state index in [1.165, 1.54) is 11.8 Å². The fraction of sp³-hybridized carbons (Fsp3) is 0.643. The summed E-state index contributed by atoms with van der Waals surface area (Å²) in [6, 6.07) is 4.27. The highest BCUT2D eigenvalue weighted by molar-refractivity contribution is 7.09. The summed E-state index contributed by atoms with van der Waals surface area (Å²) < 4.78 is 11.5. The Morgan fingerprint density at radius 1 is 1.05 bits per heavy atom. The Hall–Kier alpha value is -4.37. The molecule has 0 saturated carbocycles. The predicted octanol–water partition coefficient (Wildman–Crippen LogP) is 5.58. The molecular weight excluding hydrogens is 751 g/mol. The predicted molar refractivity (Wildman–Crippen MR) is 217 cm³/mol. The van der Waals surface area contributed by atoms with E-state index in [9.17, 15) is 33.9 Å². The van der Waals surface area contributed by atoms with Crippen LogP contribution in [0.2, 0.25) is 0 Å². The zero-order chi connectivity index (χ0) is 42.2. The summed E-state index contributed by atoms with van der Waals surface area (Å²) in [5, 5.41) is 17.7. The summed E-state index contributed by atoms with van der Waals surface area (Å²) >= 11 is 1.13. The van der Waals surface area contributed by atoms with Gasteiger partial charge < -0.3 is 34.9 Å². The van der Waals surface area contributed by atoms with Gasteiger partial charge in [-0.15, -0.1) is 11.3 Å². The number of carbonyl (C=O) groups is 6. The number of ether oxygens (including phenoxy) is 2. The Morgan fingerprint density at radius 2 is 1.75 bits per heavy atom. The molecule has 0 spiro atoms. The van der Waals surface area contributed by atoms with E-state index in [4.69, 9.17) is 9.47 Å². The molecule has 1 fully saturated rings. The van der Waals surface area contributed by atoms with Crippen molar-refractivity contribution in [2.75, 3.05) is 20.3 Å². The lowest BCUT2D eigenvalue weighted by Gasteiger charge is -2.39. The van der Waals surface area contributed by atoms with Crippen LogP contribution in [0.5, 0.6) is 5.75 Å². The molecule has 1 saturated heterocycles. The number of aldehydes is 1. The van der Waals surface area contributed by atoms with Crippen LogP contribution in [0.15, 0.2) is 29.6 Å². The first-order valence-electron chi connectivity index (χ1n) is 20.2. The molecule has 0 bridgehead atoms. The normalized spacial score (nSPS) is 17.7. The van der Waals surface area contributed by atoms with E-state index in [2.05, 4.69) is 15.6 Å². The second-order valence-corrected chi connectivity index (χ2v) is 16.6. The van der Waals surface area contributed by atoms with Crippen LogP contribution >= 0.6 is 11.3 Å². The number of thiazole rings is 1. The van der Waals surface area contributed by atoms with Crippen molar-refractivity contribution in [3.63, 3.8) is 0 Å². The molecule has 14 nitrogen and oxygen atoms in total. The maximum absolute atomic E-state index is 14.7. The van der Waals surface area contributed by atoms with Crippen molar-refractivity contribution in [3.05, 3.63) is 45.9 Å². The number of nitrogens with one attached hydrogen (secondary N) is 2. The summed E-state index contributed by atoms with van der Waals surface area (Å²) in [7, 11) is 1.91. The smallest absolute Gasteiger partial charge is 0.307 e. The number of esters is 2. The molecule has 1 aromatic carbocycles. The van der Waals surface area contributed by atoms with Gasteiger partial charge >= 0.3 is 11.9 Å². The van der Waals surface area contributed by atoms with Crippen LogP contribution in [0.1, 0.15) is 127 Å². The quantitative estimate of drug-likeness (QED) is 0.0767. The number of rotatable bonds is 22. The fourth-order valence-corrected chi connectivity index (χ4v) is 7.89. The van der Waals surface area contributed by atoms with Gasteiger partial charge in [0.2, 0.25) is 11.8 Å². The SMILES string of the molecule is CCCC(=O)OCN(C(=O)[C@@H](NC(=O)C1CCCCN1C)C(C)CC)[C@H](C[C@@H](OC(C)=O)c1nc(C(=O)N[C@@H](Cc2ccc(O)cc2)C[C@H](C)C=O)cs1)C(C)C. The van der Waals surface area contributed by atoms with Crippen molar-refractivity contribution in [1.82, 2.24) is 25.4 Å². The topological polar surface area (TPSA) is 185 Å². The van der Waals surface area contributed by atoms with Crippen molar-refractivity contribution < 1.29 is 43.3 Å². The van der Waals surface area contributed by atoms with Crippen molar-refractivity contribution in [1.29, 1.82) is 0 Å². The summed E-state index contributed by atoms with van der Waals surface area (Å²) in [6.45, 7) is 13.0. The monoisotopic (exact) mass is 813 g/mol. The molecule has 0 aliphatic carbocycles. The minimum atomic E-state index is -0.974. The highest BCUT2D eigenvalue weighted by atomic mass is 32.1. The number of hydrogen-bond acceptors (Lipinski definition) is 12. The van der Waals surface area contributed by atoms with Gasteiger partial charge in [0.15, 0.2) is 12.8 Å². The highest BCUT2D eigenvalue weighted by Gasteiger charge is 2.39. The number of likely N-dealkylation sites (N-methyl/N-ethyl adjacent to an activating group) is 1. The van der Waals surface area contributed by atoms with E-state index in [1.807, 2.05) is 46.6 Å². The third-order valence-corrected chi connectivity index (χ3v) is 11.5. The van der Waals surface area contributed by atoms with Gasteiger partial charge in [-0.3, -0.25) is 28.9 Å². The average Bonchev–Trinajstić information content (AvgIpc) is 3.67. The molecule has 1 aromatic heterocycles. The molecular formula is C42H63N5O9S. The van der Waals surface area contributed by atoms with Crippen LogP contribution in [-0.2, 0) is 39.9 Å². The molecule has 2 unspecified atom stereocenters. The second-order valence-electron chi connectivity index (χ2n) is 15.7. The Labute approximate surface area is 341 Å². The maximum atomic E-state index is 14.7. The Kier molecular flexibility index (Phi) is 19.1. The molecule has 316 valence electrons. The molecule has 2 heterocycles. The molecule has 15 heteroatoms. The summed E-state index contributed by atoms with van der Waals surface area (Å²) in [4.78, 5) is 86.9. The number of hydrogen-bond donors (Lipinski definition) is 3. The summed E-state index contributed by atoms with van der Waals surface area (Å²) in [6.07, 6.45) is 4.63. The van der Waals surface area contributed by atoms with Gasteiger partial charge in [-0.25, -0.2) is 4.98 Å². The van der Waals surface area contributed by atoms with E-state index in [0.29, 0.717) is 37.1 Å². The van der Waals surface area contributed by atoms with Crippen LogP contribution in [-0.4, -0.2) is 100 Å². The molecule has 57 heavy (non-hydrogen) atoms. The van der Waals surface area contributed by atoms with Gasteiger partial charge in [0, 0.05) is 43.1 Å². The van der Waals surface area contributed by atoms with Crippen LogP contribution in [0.25, 0.3) is 0 Å². The third-order valence-electron chi connectivity index (χ3n) is 10.6. The molecule has 3 amide bonds. The zero-order valence-electron chi connectivity index (χ0n) is 34.8. The first kappa shape index (κ1) is 47.0. The largest absolute Gasteiger partial charge is 0.508 e. The number of carbonyl (C=O) groups excluding carboxylic acids is 6. The number of nitrogens with zero attached hydrogens (tertiary/aromatic N) is 3. The summed E-state index contributed by atoms with van der Waals surface area (Å²) in [5.74, 6) is -2.87. The number of likely N-dealkylation sites (tertiary alicyclic amines) is 1. The Morgan fingerprint density at radius 3 is 2.35 bits per heavy atom. The molecule has 1 aliphatic heterocycles. The van der Waals surface area contributed by atoms with Gasteiger partial charge in [0.25, 0.3) is 5.91 Å². The molecule has 0 radical (unpaired) electrons. The van der Waals surface area contributed by atoms with Crippen molar-refractivity contribution in [2.24, 2.45) is 17.8 Å². The van der Waals surface area contributed by atoms with Crippen molar-refractivity contribution in [3.8, 4) is 5.75 Å². The van der Waals surface area contributed by atoms with Gasteiger partial charge in [-0.2, -0.15) is 0 Å². The Balaban J connectivity index is 1.94. The highest BCUT2D eigenvalue weighted by Crippen LogP contribution is 2.32. The Bertz CT molecular complexity index is 1630. The minimum Gasteiger partial charge on any atom is -0.508 e. The van der Waals surface area contributed by atoms with Gasteiger partial charge in [-0.1, -0.05) is 66.5 Å². The van der Waals surface area contributed by atoms with Crippen LogP contribution in [0.4, 0.5) is 0 Å². The van der Waals surface area contributed by atoms with E-state index in [0.717, 1.165) is 42.6 Å². The zero-order valence-corrected chi connectivity index (χ0v) is 35.6. The molecule has 7 atom stereocenters. The van der Waals surface area contributed by atoms with Gasteiger partial charge in [0.05, 0.1) is 6.04 Å². The van der Waals surface area contributed by atoms with E-state index >= 15 is 0 Å². The lowest BCUT2D eigenvalue weighted by atomic mass is 9.92. The lowest BCUT2D eigenvalue weighted by Crippen LogP contribution is -2.59. The molecule has 2 aromatic rings. The average molecular weight is 814 g/mol. The number of piperidine rings is 1. The third kappa shape index (κ3) is 14.5. The second kappa shape index (κ2) is 23.1. The first-order chi connectivity index (χ1) is 27.1. The van der Waals surface area contributed by atoms with Crippen molar-refractivity contribution >= 4 is 47.3 Å². The van der Waals surface area contributed by atoms with E-state index in [1.54, 1.807) is 36.6 Å². The van der Waals surface area contributed by atoms with Crippen LogP contribution in [0, 0.1) is 17.8 Å². The number of phenols is 1. The maximum Gasteiger partial charge on any atom is 0.307 e. The standard InChI is InChI=1S/C42H63N5O9S/c1-9-13-37(51)55-25-47(42(54)38(28(6)10-2)45-40(53)34-14-11-12-19-46(34)8)35(26(3)4)22-36(56-29(7)49)41-44-33(24-57-41)39(52)43-31(20-27(5)23-48)21-30-15-17-32(50)18-16-30/h15-18,23-24,26-28,31,34-36,38,50H,9-14,19-22,25H2,1-8H3,(H,43,52)(H,45,53)/t27-,28?,31+,34?,35+,36+,38-/m0/s1. The van der Waals surface area contributed by atoms with E-state index in [-0.39, 0.29) is 60.7 Å². The number of benzene rings is 1. The first-order valence-corrected chi connectivity index (χ1v) is 21.1. The molecule has 3 N–H and O–H groups in total. The van der Waals surface area contributed by atoms with E-state index < -0.39 is 48.0 Å². The summed E-state index contributed by atoms with van der Waals surface area (Å²) in [5.41, 5.74) is 0.956. The fourth-order valence-electron chi connectivity index (χ4n) is 7.05. The molecule has 1 aliphatic rings. The molecule has 3 rings (SSSR count). The number of aromatic nitrogens is 1. The van der Waals surface area contributed by atoms with Crippen LogP contribution < -0.4 is 10.6 Å². The van der Waals surface area contributed by atoms with Crippen molar-refractivity contribution in [2.45, 2.75) is 137 Å². The number of phenolic OH excluding ortho intramolecular Hbond substituents is 1. The van der Waals surface area contributed by atoms with Crippen LogP contribution in [0.3, 0.4) is 0 Å². The lowest BCUT2D eigenvalue weighted by molar-refractivity contribution is -0.160. The number of aromatic hydroxyl groups is 1. The number of amides is 3. The minimum absolute atomic E-state index is 0.0652. The van der Waals surface area contributed by atoms with Gasteiger partial charge in [-0.05, 0) is 75.2 Å².